The summed E-state index contributed by atoms with van der Waals surface area (Å²) in [6.07, 6.45) is 9.90. The van der Waals surface area contributed by atoms with Gasteiger partial charge in [-0.15, -0.1) is 0 Å². The summed E-state index contributed by atoms with van der Waals surface area (Å²) >= 11 is 0. The second kappa shape index (κ2) is 16.3. The van der Waals surface area contributed by atoms with Gasteiger partial charge in [-0.3, -0.25) is 0 Å². The molecule has 0 aliphatic heterocycles. The van der Waals surface area contributed by atoms with Crippen molar-refractivity contribution >= 4 is 77.7 Å². The Kier molecular flexibility index (Phi) is 9.72. The van der Waals surface area contributed by atoms with Gasteiger partial charge < -0.3 is 18.9 Å². The van der Waals surface area contributed by atoms with Gasteiger partial charge in [0.25, 0.3) is 0 Å². The van der Waals surface area contributed by atoms with Crippen LogP contribution < -0.4 is 9.80 Å². The van der Waals surface area contributed by atoms with Gasteiger partial charge >= 0.3 is 0 Å². The molecule has 0 amide bonds. The van der Waals surface area contributed by atoms with E-state index in [4.69, 9.17) is 0 Å². The van der Waals surface area contributed by atoms with Gasteiger partial charge in [-0.05, 0) is 141 Å². The lowest BCUT2D eigenvalue weighted by Crippen LogP contribution is -2.10. The zero-order valence-corrected chi connectivity index (χ0v) is 37.1. The van der Waals surface area contributed by atoms with Gasteiger partial charge in [0, 0.05) is 72.4 Å². The molecule has 0 radical (unpaired) electrons. The number of hydrogen-bond donors (Lipinski definition) is 0. The van der Waals surface area contributed by atoms with Crippen molar-refractivity contribution in [2.45, 2.75) is 26.3 Å². The number of benzene rings is 9. The monoisotopic (exact) mass is 848 g/mol. The fourth-order valence-corrected chi connectivity index (χ4v) is 10.1. The van der Waals surface area contributed by atoms with Crippen molar-refractivity contribution in [3.8, 4) is 16.8 Å². The summed E-state index contributed by atoms with van der Waals surface area (Å²) in [4.78, 5) is 4.76. The summed E-state index contributed by atoms with van der Waals surface area (Å²) in [5.41, 5.74) is 17.6. The van der Waals surface area contributed by atoms with E-state index in [-0.39, 0.29) is 6.04 Å². The standard InChI is InChI=1S/C62H48N4/c1-43-21-29-49(30-22-43)63(53-37-39-61-57(41-53)55-17-9-11-19-59(55)65(61)47-13-5-3-6-14-47)51-33-25-45(26-34-51)46-27-35-52(36-28-46)64(50-31-23-44(2)24-32-50)54-38-40-62-58(42-54)56-18-10-12-20-60(56)66(62)48-15-7-4-8-16-48/h3-15,17-42,48H,16H2,1-2H3. The van der Waals surface area contributed by atoms with Crippen LogP contribution in [0.2, 0.25) is 0 Å². The highest BCUT2D eigenvalue weighted by Crippen LogP contribution is 2.43. The lowest BCUT2D eigenvalue weighted by molar-refractivity contribution is 0.648. The zero-order chi connectivity index (χ0) is 44.1. The quantitative estimate of drug-likeness (QED) is 0.144. The molecule has 1 aliphatic rings. The summed E-state index contributed by atoms with van der Waals surface area (Å²) in [5.74, 6) is 0. The number of allylic oxidation sites excluding steroid dienone is 4. The molecule has 2 aromatic heterocycles. The third kappa shape index (κ3) is 6.86. The summed E-state index contributed by atoms with van der Waals surface area (Å²) in [5, 5.41) is 5.00. The van der Waals surface area contributed by atoms with Crippen LogP contribution >= 0.6 is 0 Å². The van der Waals surface area contributed by atoms with Gasteiger partial charge in [0.2, 0.25) is 0 Å². The largest absolute Gasteiger partial charge is 0.333 e. The Bertz CT molecular complexity index is 3610. The Morgan fingerprint density at radius 3 is 1.35 bits per heavy atom. The van der Waals surface area contributed by atoms with Crippen molar-refractivity contribution in [3.63, 3.8) is 0 Å². The Morgan fingerprint density at radius 2 is 0.803 bits per heavy atom. The van der Waals surface area contributed by atoms with Crippen LogP contribution in [0, 0.1) is 13.8 Å². The van der Waals surface area contributed by atoms with Crippen LogP contribution in [0.5, 0.6) is 0 Å². The van der Waals surface area contributed by atoms with Crippen molar-refractivity contribution in [1.82, 2.24) is 9.13 Å². The van der Waals surface area contributed by atoms with Crippen LogP contribution in [0.3, 0.4) is 0 Å². The molecule has 0 bridgehead atoms. The van der Waals surface area contributed by atoms with Gasteiger partial charge in [-0.25, -0.2) is 0 Å². The Morgan fingerprint density at radius 1 is 0.379 bits per heavy atom. The van der Waals surface area contributed by atoms with Gasteiger partial charge in [-0.2, -0.15) is 0 Å². The molecule has 0 saturated carbocycles. The molecule has 11 aromatic rings. The fraction of sp³-hybridized carbons (Fsp3) is 0.0645. The number of aryl methyl sites for hydroxylation is 2. The maximum Gasteiger partial charge on any atom is 0.0560 e. The van der Waals surface area contributed by atoms with Crippen molar-refractivity contribution in [2.24, 2.45) is 0 Å². The number of para-hydroxylation sites is 3. The minimum absolute atomic E-state index is 0.285. The van der Waals surface area contributed by atoms with E-state index in [2.05, 4.69) is 269 Å². The number of fused-ring (bicyclic) bond motifs is 6. The molecule has 1 aliphatic carbocycles. The first-order valence-electron chi connectivity index (χ1n) is 22.9. The molecule has 4 nitrogen and oxygen atoms in total. The van der Waals surface area contributed by atoms with Gasteiger partial charge in [-0.1, -0.05) is 139 Å². The molecule has 0 saturated heterocycles. The predicted octanol–water partition coefficient (Wildman–Crippen LogP) is 17.2. The highest BCUT2D eigenvalue weighted by molar-refractivity contribution is 6.11. The molecule has 66 heavy (non-hydrogen) atoms. The van der Waals surface area contributed by atoms with E-state index in [1.165, 1.54) is 65.9 Å². The average molecular weight is 849 g/mol. The molecule has 4 heteroatoms. The third-order valence-electron chi connectivity index (χ3n) is 13.3. The van der Waals surface area contributed by atoms with E-state index in [0.717, 1.165) is 46.2 Å². The fourth-order valence-electron chi connectivity index (χ4n) is 10.1. The van der Waals surface area contributed by atoms with Crippen LogP contribution in [0.1, 0.15) is 23.6 Å². The van der Waals surface area contributed by atoms with E-state index < -0.39 is 0 Å². The topological polar surface area (TPSA) is 16.3 Å². The van der Waals surface area contributed by atoms with E-state index in [0.29, 0.717) is 0 Å². The van der Waals surface area contributed by atoms with Gasteiger partial charge in [0.15, 0.2) is 0 Å². The van der Waals surface area contributed by atoms with Crippen LogP contribution in [0.4, 0.5) is 34.1 Å². The Hall–Kier alpha value is -8.34. The number of hydrogen-bond acceptors (Lipinski definition) is 2. The highest BCUT2D eigenvalue weighted by Gasteiger charge is 2.21. The maximum absolute atomic E-state index is 2.51. The van der Waals surface area contributed by atoms with E-state index >= 15 is 0 Å². The third-order valence-corrected chi connectivity index (χ3v) is 13.3. The first-order chi connectivity index (χ1) is 32.6. The molecule has 316 valence electrons. The lowest BCUT2D eigenvalue weighted by atomic mass is 10.0. The summed E-state index contributed by atoms with van der Waals surface area (Å²) in [7, 11) is 0. The highest BCUT2D eigenvalue weighted by atomic mass is 15.1. The second-order valence-electron chi connectivity index (χ2n) is 17.5. The summed E-state index contributed by atoms with van der Waals surface area (Å²) in [6.45, 7) is 4.29. The maximum atomic E-state index is 2.51. The van der Waals surface area contributed by atoms with Gasteiger partial charge in [0.1, 0.15) is 0 Å². The molecule has 0 N–H and O–H groups in total. The predicted molar refractivity (Wildman–Crippen MR) is 280 cm³/mol. The van der Waals surface area contributed by atoms with Crippen molar-refractivity contribution in [3.05, 3.63) is 248 Å². The SMILES string of the molecule is Cc1ccc(N(c2ccc(-c3ccc(N(c4ccc(C)cc4)c4ccc5c(c4)c4ccccc4n5C4C=CC=CC4)cc3)cc2)c2ccc3c(c2)c2ccccc2n3-c2ccccc2)cc1. The first kappa shape index (κ1) is 39.3. The van der Waals surface area contributed by atoms with E-state index in [1.54, 1.807) is 0 Å². The van der Waals surface area contributed by atoms with Crippen LogP contribution in [0.15, 0.2) is 237 Å². The Balaban J connectivity index is 0.905. The average Bonchev–Trinajstić information content (AvgIpc) is 3.89. The van der Waals surface area contributed by atoms with Crippen molar-refractivity contribution < 1.29 is 0 Å². The summed E-state index contributed by atoms with van der Waals surface area (Å²) < 4.78 is 4.88. The molecule has 1 atom stereocenters. The van der Waals surface area contributed by atoms with Gasteiger partial charge in [0.05, 0.1) is 17.1 Å². The van der Waals surface area contributed by atoms with E-state index in [9.17, 15) is 0 Å². The minimum Gasteiger partial charge on any atom is -0.333 e. The minimum atomic E-state index is 0.285. The molecular weight excluding hydrogens is 801 g/mol. The lowest BCUT2D eigenvalue weighted by Gasteiger charge is -2.27. The molecule has 12 rings (SSSR count). The number of aromatic nitrogens is 2. The normalized spacial score (nSPS) is 13.6. The smallest absolute Gasteiger partial charge is 0.0560 e. The van der Waals surface area contributed by atoms with Crippen LogP contribution in [0.25, 0.3) is 60.4 Å². The summed E-state index contributed by atoms with van der Waals surface area (Å²) in [6, 6.07) is 78.1. The molecule has 0 spiro atoms. The van der Waals surface area contributed by atoms with Crippen LogP contribution in [-0.2, 0) is 0 Å². The van der Waals surface area contributed by atoms with Crippen molar-refractivity contribution in [2.75, 3.05) is 9.80 Å². The molecule has 9 aromatic carbocycles. The molecule has 1 unspecified atom stereocenters. The molecular formula is C62H48N4. The number of nitrogens with zero attached hydrogens (tertiary/aromatic N) is 4. The second-order valence-corrected chi connectivity index (χ2v) is 17.5. The van der Waals surface area contributed by atoms with Crippen LogP contribution in [-0.4, -0.2) is 9.13 Å². The molecule has 0 fully saturated rings. The number of anilines is 6. The number of rotatable bonds is 9. The van der Waals surface area contributed by atoms with Crippen molar-refractivity contribution in [1.29, 1.82) is 0 Å². The molecule has 2 heterocycles. The van der Waals surface area contributed by atoms with E-state index in [1.807, 2.05) is 0 Å². The zero-order valence-electron chi connectivity index (χ0n) is 37.1. The first-order valence-corrected chi connectivity index (χ1v) is 22.9. The Labute approximate surface area is 385 Å².